The zero-order chi connectivity index (χ0) is 18.6. The average Bonchev–Trinajstić information content (AvgIpc) is 3.23. The summed E-state index contributed by atoms with van der Waals surface area (Å²) < 4.78 is 16.2. The van der Waals surface area contributed by atoms with Crippen LogP contribution in [-0.4, -0.2) is 53.4 Å². The second-order valence-electron chi connectivity index (χ2n) is 7.86. The fourth-order valence-electron chi connectivity index (χ4n) is 3.24. The molecule has 1 saturated heterocycles. The van der Waals surface area contributed by atoms with Crippen molar-refractivity contribution >= 4 is 0 Å². The van der Waals surface area contributed by atoms with Gasteiger partial charge in [-0.3, -0.25) is 9.88 Å². The third-order valence-electron chi connectivity index (χ3n) is 4.28. The van der Waals surface area contributed by atoms with Crippen LogP contribution in [0, 0.1) is 5.41 Å². The summed E-state index contributed by atoms with van der Waals surface area (Å²) in [5, 5.41) is 4.14. The maximum Gasteiger partial charge on any atom is 0.244 e. The molecule has 1 aliphatic rings. The molecule has 26 heavy (non-hydrogen) atoms. The molecule has 3 heterocycles. The quantitative estimate of drug-likeness (QED) is 0.701. The molecule has 7 heteroatoms. The number of likely N-dealkylation sites (tertiary alicyclic amines) is 1. The van der Waals surface area contributed by atoms with Gasteiger partial charge in [0.15, 0.2) is 0 Å². The molecule has 142 valence electrons. The summed E-state index contributed by atoms with van der Waals surface area (Å²) in [6.45, 7) is 9.86. The molecular weight excluding hydrogens is 332 g/mol. The van der Waals surface area contributed by atoms with E-state index in [0.29, 0.717) is 36.4 Å². The van der Waals surface area contributed by atoms with Gasteiger partial charge in [-0.05, 0) is 30.9 Å². The van der Waals surface area contributed by atoms with Crippen molar-refractivity contribution in [3.63, 3.8) is 0 Å². The first-order chi connectivity index (χ1) is 12.5. The van der Waals surface area contributed by atoms with E-state index < -0.39 is 0 Å². The van der Waals surface area contributed by atoms with Crippen molar-refractivity contribution in [1.82, 2.24) is 20.0 Å². The largest absolute Gasteiger partial charge is 0.491 e. The highest BCUT2D eigenvalue weighted by Crippen LogP contribution is 2.34. The minimum atomic E-state index is 0.191. The van der Waals surface area contributed by atoms with Gasteiger partial charge in [-0.1, -0.05) is 25.9 Å². The maximum absolute atomic E-state index is 5.63. The Hall–Kier alpha value is -1.99. The lowest BCUT2D eigenvalue weighted by atomic mass is 9.96. The average molecular weight is 360 g/mol. The Morgan fingerprint density at radius 3 is 2.92 bits per heavy atom. The van der Waals surface area contributed by atoms with Crippen LogP contribution in [0.4, 0.5) is 0 Å². The van der Waals surface area contributed by atoms with E-state index in [1.54, 1.807) is 13.3 Å². The molecule has 1 atom stereocenters. The number of rotatable bonds is 7. The highest BCUT2D eigenvalue weighted by molar-refractivity contribution is 5.50. The van der Waals surface area contributed by atoms with Gasteiger partial charge < -0.3 is 14.0 Å². The number of aromatic nitrogens is 3. The molecule has 0 N–H and O–H groups in total. The third kappa shape index (κ3) is 4.80. The van der Waals surface area contributed by atoms with Crippen LogP contribution in [-0.2, 0) is 4.74 Å². The van der Waals surface area contributed by atoms with Crippen LogP contribution in [0.5, 0.6) is 5.75 Å². The van der Waals surface area contributed by atoms with Gasteiger partial charge in [0.2, 0.25) is 11.7 Å². The van der Waals surface area contributed by atoms with Gasteiger partial charge in [-0.15, -0.1) is 0 Å². The van der Waals surface area contributed by atoms with Crippen LogP contribution in [0.1, 0.15) is 45.5 Å². The summed E-state index contributed by atoms with van der Waals surface area (Å²) in [6.07, 6.45) is 3.89. The van der Waals surface area contributed by atoms with E-state index in [9.17, 15) is 0 Å². The SMILES string of the molecule is COCCOc1ccnc(-c2noc(C3CCCN3CC(C)(C)C)n2)c1. The minimum absolute atomic E-state index is 0.191. The number of nitrogens with zero attached hydrogens (tertiary/aromatic N) is 4. The second kappa shape index (κ2) is 8.14. The van der Waals surface area contributed by atoms with E-state index in [1.165, 1.54) is 0 Å². The molecule has 2 aromatic heterocycles. The molecule has 1 aliphatic heterocycles. The standard InChI is InChI=1S/C19H28N4O3/c1-19(2,3)13-23-9-5-6-16(23)18-21-17(22-26-18)15-12-14(7-8-20-15)25-11-10-24-4/h7-8,12,16H,5-6,9-11,13H2,1-4H3. The van der Waals surface area contributed by atoms with Crippen molar-refractivity contribution in [1.29, 1.82) is 0 Å². The van der Waals surface area contributed by atoms with Gasteiger partial charge in [0.05, 0.1) is 12.6 Å². The van der Waals surface area contributed by atoms with Crippen molar-refractivity contribution < 1.29 is 14.0 Å². The maximum atomic E-state index is 5.63. The first kappa shape index (κ1) is 18.8. The Morgan fingerprint density at radius 2 is 2.15 bits per heavy atom. The zero-order valence-electron chi connectivity index (χ0n) is 16.1. The third-order valence-corrected chi connectivity index (χ3v) is 4.28. The second-order valence-corrected chi connectivity index (χ2v) is 7.86. The Morgan fingerprint density at radius 1 is 1.31 bits per heavy atom. The highest BCUT2D eigenvalue weighted by atomic mass is 16.5. The molecule has 0 amide bonds. The zero-order valence-corrected chi connectivity index (χ0v) is 16.1. The van der Waals surface area contributed by atoms with Crippen molar-refractivity contribution in [2.24, 2.45) is 5.41 Å². The predicted octanol–water partition coefficient (Wildman–Crippen LogP) is 3.34. The number of hydrogen-bond donors (Lipinski definition) is 0. The van der Waals surface area contributed by atoms with Gasteiger partial charge in [-0.25, -0.2) is 0 Å². The van der Waals surface area contributed by atoms with E-state index in [2.05, 4.69) is 40.8 Å². The molecule has 3 rings (SSSR count). The Kier molecular flexibility index (Phi) is 5.88. The lowest BCUT2D eigenvalue weighted by Gasteiger charge is -2.29. The topological polar surface area (TPSA) is 73.5 Å². The van der Waals surface area contributed by atoms with E-state index >= 15 is 0 Å². The van der Waals surface area contributed by atoms with Crippen LogP contribution in [0.2, 0.25) is 0 Å². The van der Waals surface area contributed by atoms with Gasteiger partial charge >= 0.3 is 0 Å². The molecular formula is C19H28N4O3. The molecule has 0 aliphatic carbocycles. The summed E-state index contributed by atoms with van der Waals surface area (Å²) in [5.41, 5.74) is 0.885. The molecule has 1 fully saturated rings. The number of methoxy groups -OCH3 is 1. The number of pyridine rings is 1. The van der Waals surface area contributed by atoms with Crippen molar-refractivity contribution in [3.05, 3.63) is 24.2 Å². The monoisotopic (exact) mass is 360 g/mol. The molecule has 0 aromatic carbocycles. The van der Waals surface area contributed by atoms with Crippen LogP contribution >= 0.6 is 0 Å². The Bertz CT molecular complexity index is 711. The summed E-state index contributed by atoms with van der Waals surface area (Å²) >= 11 is 0. The molecule has 0 bridgehead atoms. The summed E-state index contributed by atoms with van der Waals surface area (Å²) in [4.78, 5) is 11.4. The summed E-state index contributed by atoms with van der Waals surface area (Å²) in [7, 11) is 1.65. The fourth-order valence-corrected chi connectivity index (χ4v) is 3.24. The molecule has 0 spiro atoms. The van der Waals surface area contributed by atoms with E-state index in [0.717, 1.165) is 25.9 Å². The smallest absolute Gasteiger partial charge is 0.244 e. The fraction of sp³-hybridized carbons (Fsp3) is 0.632. The molecule has 1 unspecified atom stereocenters. The van der Waals surface area contributed by atoms with Crippen LogP contribution in [0.15, 0.2) is 22.9 Å². The predicted molar refractivity (Wildman–Crippen MR) is 97.9 cm³/mol. The van der Waals surface area contributed by atoms with Gasteiger partial charge in [0.25, 0.3) is 0 Å². The van der Waals surface area contributed by atoms with Crippen molar-refractivity contribution in [2.45, 2.75) is 39.7 Å². The van der Waals surface area contributed by atoms with Gasteiger partial charge in [-0.2, -0.15) is 4.98 Å². The lowest BCUT2D eigenvalue weighted by Crippen LogP contribution is -2.32. The van der Waals surface area contributed by atoms with Crippen LogP contribution in [0.25, 0.3) is 11.5 Å². The lowest BCUT2D eigenvalue weighted by molar-refractivity contribution is 0.146. The minimum Gasteiger partial charge on any atom is -0.491 e. The summed E-state index contributed by atoms with van der Waals surface area (Å²) in [6, 6.07) is 3.82. The molecule has 0 radical (unpaired) electrons. The normalized spacial score (nSPS) is 18.4. The van der Waals surface area contributed by atoms with E-state index in [-0.39, 0.29) is 11.5 Å². The summed E-state index contributed by atoms with van der Waals surface area (Å²) in [5.74, 6) is 1.89. The molecule has 7 nitrogen and oxygen atoms in total. The van der Waals surface area contributed by atoms with Crippen LogP contribution in [0.3, 0.4) is 0 Å². The first-order valence-corrected chi connectivity index (χ1v) is 9.12. The number of ether oxygens (including phenoxy) is 2. The van der Waals surface area contributed by atoms with Gasteiger partial charge in [0.1, 0.15) is 18.1 Å². The molecule has 0 saturated carbocycles. The highest BCUT2D eigenvalue weighted by Gasteiger charge is 2.33. The molecule has 2 aromatic rings. The first-order valence-electron chi connectivity index (χ1n) is 9.12. The van der Waals surface area contributed by atoms with E-state index in [1.807, 2.05) is 12.1 Å². The van der Waals surface area contributed by atoms with Crippen molar-refractivity contribution in [2.75, 3.05) is 33.4 Å². The van der Waals surface area contributed by atoms with Crippen molar-refractivity contribution in [3.8, 4) is 17.3 Å². The Balaban J connectivity index is 1.72. The van der Waals surface area contributed by atoms with E-state index in [4.69, 9.17) is 14.0 Å². The van der Waals surface area contributed by atoms with Gasteiger partial charge in [0, 0.05) is 25.9 Å². The van der Waals surface area contributed by atoms with Crippen LogP contribution < -0.4 is 4.74 Å². The Labute approximate surface area is 154 Å². The number of hydrogen-bond acceptors (Lipinski definition) is 7.